The lowest BCUT2D eigenvalue weighted by Gasteiger charge is -2.34. The number of carbonyl (C=O) groups is 2. The van der Waals surface area contributed by atoms with Gasteiger partial charge < -0.3 is 14.8 Å². The summed E-state index contributed by atoms with van der Waals surface area (Å²) < 4.78 is 10.6. The van der Waals surface area contributed by atoms with Crippen LogP contribution in [0, 0.1) is 5.92 Å². The van der Waals surface area contributed by atoms with E-state index >= 15 is 0 Å². The highest BCUT2D eigenvalue weighted by molar-refractivity contribution is 6.06. The van der Waals surface area contributed by atoms with Crippen molar-refractivity contribution in [1.82, 2.24) is 5.32 Å². The van der Waals surface area contributed by atoms with Crippen LogP contribution in [0.3, 0.4) is 0 Å². The van der Waals surface area contributed by atoms with Crippen LogP contribution in [0.25, 0.3) is 0 Å². The van der Waals surface area contributed by atoms with E-state index in [2.05, 4.69) is 19.2 Å². The Morgan fingerprint density at radius 3 is 2.36 bits per heavy atom. The molecule has 1 saturated heterocycles. The predicted molar refractivity (Wildman–Crippen MR) is 97.1 cm³/mol. The molecule has 0 radical (unpaired) electrons. The van der Waals surface area contributed by atoms with E-state index in [0.29, 0.717) is 42.5 Å². The second kappa shape index (κ2) is 7.76. The van der Waals surface area contributed by atoms with Crippen LogP contribution in [-0.4, -0.2) is 38.1 Å². The van der Waals surface area contributed by atoms with E-state index in [4.69, 9.17) is 9.47 Å². The summed E-state index contributed by atoms with van der Waals surface area (Å²) in [5, 5.41) is 2.98. The monoisotopic (exact) mass is 348 g/mol. The number of amides is 2. The van der Waals surface area contributed by atoms with Crippen LogP contribution in [-0.2, 0) is 9.59 Å². The molecule has 0 spiro atoms. The highest BCUT2D eigenvalue weighted by Gasteiger charge is 2.48. The molecular formula is C19H28N2O4. The number of rotatable bonds is 7. The van der Waals surface area contributed by atoms with Gasteiger partial charge in [0.1, 0.15) is 17.0 Å². The molecule has 0 saturated carbocycles. The Hall–Kier alpha value is -2.24. The molecule has 1 heterocycles. The van der Waals surface area contributed by atoms with Crippen LogP contribution >= 0.6 is 0 Å². The fourth-order valence-electron chi connectivity index (χ4n) is 3.08. The van der Waals surface area contributed by atoms with Crippen molar-refractivity contribution in [2.45, 2.75) is 45.6 Å². The van der Waals surface area contributed by atoms with Crippen molar-refractivity contribution >= 4 is 17.5 Å². The molecule has 25 heavy (non-hydrogen) atoms. The summed E-state index contributed by atoms with van der Waals surface area (Å²) in [6.07, 6.45) is 1.73. The minimum Gasteiger partial charge on any atom is -0.497 e. The van der Waals surface area contributed by atoms with Crippen molar-refractivity contribution in [3.05, 3.63) is 18.2 Å². The minimum absolute atomic E-state index is 0.0724. The van der Waals surface area contributed by atoms with E-state index in [-0.39, 0.29) is 11.8 Å². The smallest absolute Gasteiger partial charge is 0.246 e. The number of hydrogen-bond acceptors (Lipinski definition) is 4. The molecule has 1 aliphatic rings. The summed E-state index contributed by atoms with van der Waals surface area (Å²) in [5.41, 5.74) is -0.300. The van der Waals surface area contributed by atoms with Crippen LogP contribution in [0.5, 0.6) is 11.5 Å². The first-order valence-electron chi connectivity index (χ1n) is 8.66. The van der Waals surface area contributed by atoms with E-state index in [1.165, 1.54) is 0 Å². The first-order valence-corrected chi connectivity index (χ1v) is 8.66. The van der Waals surface area contributed by atoms with E-state index in [1.807, 2.05) is 6.92 Å². The van der Waals surface area contributed by atoms with Crippen LogP contribution in [0.2, 0.25) is 0 Å². The van der Waals surface area contributed by atoms with Gasteiger partial charge in [0.15, 0.2) is 0 Å². The molecular weight excluding hydrogens is 320 g/mol. The van der Waals surface area contributed by atoms with Crippen molar-refractivity contribution in [3.63, 3.8) is 0 Å². The van der Waals surface area contributed by atoms with Crippen molar-refractivity contribution in [2.24, 2.45) is 5.92 Å². The van der Waals surface area contributed by atoms with E-state index in [1.54, 1.807) is 37.3 Å². The van der Waals surface area contributed by atoms with Crippen LogP contribution < -0.4 is 19.7 Å². The molecule has 1 unspecified atom stereocenters. The number of carbonyl (C=O) groups excluding carboxylic acids is 2. The largest absolute Gasteiger partial charge is 0.497 e. The fourth-order valence-corrected chi connectivity index (χ4v) is 3.08. The van der Waals surface area contributed by atoms with Gasteiger partial charge in [0.2, 0.25) is 11.8 Å². The van der Waals surface area contributed by atoms with Crippen LogP contribution in [0.15, 0.2) is 18.2 Å². The fraction of sp³-hybridized carbons (Fsp3) is 0.579. The van der Waals surface area contributed by atoms with Crippen LogP contribution in [0.4, 0.5) is 5.69 Å². The third kappa shape index (κ3) is 4.06. The summed E-state index contributed by atoms with van der Waals surface area (Å²) in [6, 6.07) is 5.25. The summed E-state index contributed by atoms with van der Waals surface area (Å²) in [6.45, 7) is 6.65. The zero-order valence-corrected chi connectivity index (χ0v) is 15.7. The zero-order valence-electron chi connectivity index (χ0n) is 15.7. The highest BCUT2D eigenvalue weighted by Crippen LogP contribution is 2.38. The molecule has 138 valence electrons. The first-order chi connectivity index (χ1) is 11.8. The molecule has 1 aliphatic heterocycles. The lowest BCUT2D eigenvalue weighted by atomic mass is 9.96. The van der Waals surface area contributed by atoms with Gasteiger partial charge in [0.05, 0.1) is 19.9 Å². The Balaban J connectivity index is 2.30. The zero-order chi connectivity index (χ0) is 18.6. The summed E-state index contributed by atoms with van der Waals surface area (Å²) in [7, 11) is 3.12. The molecule has 1 aromatic rings. The molecule has 1 atom stereocenters. The van der Waals surface area contributed by atoms with Gasteiger partial charge in [-0.1, -0.05) is 13.8 Å². The van der Waals surface area contributed by atoms with Gasteiger partial charge in [-0.3, -0.25) is 14.5 Å². The standard InChI is InChI=1S/C19H28N2O4/c1-13(2)7-9-20-18(23)19(3)8-6-17(22)21(19)14-10-15(24-4)12-16(11-14)25-5/h10-13H,6-9H2,1-5H3,(H,20,23). The van der Waals surface area contributed by atoms with Crippen molar-refractivity contribution in [2.75, 3.05) is 25.7 Å². The summed E-state index contributed by atoms with van der Waals surface area (Å²) in [5.74, 6) is 1.47. The molecule has 0 bridgehead atoms. The van der Waals surface area contributed by atoms with Crippen molar-refractivity contribution in [3.8, 4) is 11.5 Å². The number of nitrogens with one attached hydrogen (secondary N) is 1. The number of hydrogen-bond donors (Lipinski definition) is 1. The predicted octanol–water partition coefficient (Wildman–Crippen LogP) is 2.75. The quantitative estimate of drug-likeness (QED) is 0.823. The Morgan fingerprint density at radius 1 is 1.24 bits per heavy atom. The second-order valence-electron chi connectivity index (χ2n) is 7.01. The van der Waals surface area contributed by atoms with Crippen molar-refractivity contribution < 1.29 is 19.1 Å². The van der Waals surface area contributed by atoms with E-state index in [0.717, 1.165) is 6.42 Å². The van der Waals surface area contributed by atoms with Gasteiger partial charge in [-0.25, -0.2) is 0 Å². The maximum absolute atomic E-state index is 12.8. The lowest BCUT2D eigenvalue weighted by molar-refractivity contribution is -0.127. The second-order valence-corrected chi connectivity index (χ2v) is 7.01. The van der Waals surface area contributed by atoms with Gasteiger partial charge in [0.25, 0.3) is 0 Å². The third-order valence-electron chi connectivity index (χ3n) is 4.66. The molecule has 6 heteroatoms. The molecule has 2 rings (SSSR count). The lowest BCUT2D eigenvalue weighted by Crippen LogP contribution is -2.55. The number of anilines is 1. The minimum atomic E-state index is -0.911. The molecule has 1 fully saturated rings. The average Bonchev–Trinajstić information content (AvgIpc) is 2.90. The highest BCUT2D eigenvalue weighted by atomic mass is 16.5. The number of methoxy groups -OCH3 is 2. The molecule has 1 aromatic carbocycles. The third-order valence-corrected chi connectivity index (χ3v) is 4.66. The topological polar surface area (TPSA) is 67.9 Å². The van der Waals surface area contributed by atoms with Gasteiger partial charge in [-0.05, 0) is 25.7 Å². The summed E-state index contributed by atoms with van der Waals surface area (Å²) >= 11 is 0. The normalized spacial score (nSPS) is 20.1. The molecule has 0 aromatic heterocycles. The van der Waals surface area contributed by atoms with Gasteiger partial charge >= 0.3 is 0 Å². The molecule has 2 amide bonds. The number of ether oxygens (including phenoxy) is 2. The Labute approximate surface area is 149 Å². The van der Waals surface area contributed by atoms with Gasteiger partial charge in [0, 0.05) is 31.2 Å². The Bertz CT molecular complexity index is 622. The molecule has 0 aliphatic carbocycles. The summed E-state index contributed by atoms with van der Waals surface area (Å²) in [4.78, 5) is 26.9. The maximum Gasteiger partial charge on any atom is 0.246 e. The van der Waals surface area contributed by atoms with E-state index in [9.17, 15) is 9.59 Å². The Kier molecular flexibility index (Phi) is 5.93. The first kappa shape index (κ1) is 19.1. The van der Waals surface area contributed by atoms with Gasteiger partial charge in [-0.2, -0.15) is 0 Å². The van der Waals surface area contributed by atoms with Crippen molar-refractivity contribution in [1.29, 1.82) is 0 Å². The van der Waals surface area contributed by atoms with E-state index < -0.39 is 5.54 Å². The van der Waals surface area contributed by atoms with Gasteiger partial charge in [-0.15, -0.1) is 0 Å². The molecule has 6 nitrogen and oxygen atoms in total. The number of nitrogens with zero attached hydrogens (tertiary/aromatic N) is 1. The van der Waals surface area contributed by atoms with Crippen LogP contribution in [0.1, 0.15) is 40.0 Å². The SMILES string of the molecule is COc1cc(OC)cc(N2C(=O)CCC2(C)C(=O)NCCC(C)C)c1. The average molecular weight is 348 g/mol. The number of benzene rings is 1. The maximum atomic E-state index is 12.8. The molecule has 1 N–H and O–H groups in total. The Morgan fingerprint density at radius 2 is 1.84 bits per heavy atom.